The zero-order chi connectivity index (χ0) is 14.5. The normalized spacial score (nSPS) is 9.52. The Morgan fingerprint density at radius 3 is 1.14 bits per heavy atom. The van der Waals surface area contributed by atoms with Crippen molar-refractivity contribution in [1.82, 2.24) is 0 Å². The van der Waals surface area contributed by atoms with Gasteiger partial charge in [-0.1, -0.05) is 79.2 Å². The molecule has 0 aliphatic rings. The Morgan fingerprint density at radius 2 is 0.810 bits per heavy atom. The predicted molar refractivity (Wildman–Crippen MR) is 96.1 cm³/mol. The SMILES string of the molecule is C.Cc1ccc(C)c2ccccc12.Cc1ccc(C)cc1. The van der Waals surface area contributed by atoms with Crippen LogP contribution in [0, 0.1) is 27.7 Å². The average molecular weight is 278 g/mol. The van der Waals surface area contributed by atoms with Crippen LogP contribution in [0.2, 0.25) is 0 Å². The molecule has 0 N–H and O–H groups in total. The highest BCUT2D eigenvalue weighted by Gasteiger charge is 1.97. The van der Waals surface area contributed by atoms with Gasteiger partial charge in [0.2, 0.25) is 0 Å². The molecule has 0 nitrogen and oxygen atoms in total. The van der Waals surface area contributed by atoms with Gasteiger partial charge in [0.05, 0.1) is 0 Å². The molecule has 3 rings (SSSR count). The lowest BCUT2D eigenvalue weighted by atomic mass is 10.0. The summed E-state index contributed by atoms with van der Waals surface area (Å²) in [7, 11) is 0. The van der Waals surface area contributed by atoms with E-state index in [1.54, 1.807) is 0 Å². The Labute approximate surface area is 129 Å². The molecule has 3 aromatic carbocycles. The molecule has 0 spiro atoms. The zero-order valence-electron chi connectivity index (χ0n) is 12.8. The van der Waals surface area contributed by atoms with Crippen molar-refractivity contribution in [3.63, 3.8) is 0 Å². The lowest BCUT2D eigenvalue weighted by Crippen LogP contribution is -1.80. The minimum absolute atomic E-state index is 0. The summed E-state index contributed by atoms with van der Waals surface area (Å²) in [5, 5.41) is 2.75. The molecule has 0 atom stereocenters. The van der Waals surface area contributed by atoms with Crippen LogP contribution < -0.4 is 0 Å². The van der Waals surface area contributed by atoms with Gasteiger partial charge in [-0.05, 0) is 49.6 Å². The van der Waals surface area contributed by atoms with Crippen molar-refractivity contribution in [3.8, 4) is 0 Å². The summed E-state index contributed by atoms with van der Waals surface area (Å²) in [6.45, 7) is 8.50. The first kappa shape index (κ1) is 17.0. The van der Waals surface area contributed by atoms with Gasteiger partial charge in [-0.2, -0.15) is 0 Å². The first-order valence-electron chi connectivity index (χ1n) is 7.06. The van der Waals surface area contributed by atoms with Crippen molar-refractivity contribution in [3.05, 3.63) is 82.9 Å². The van der Waals surface area contributed by atoms with Gasteiger partial charge in [0.1, 0.15) is 0 Å². The number of rotatable bonds is 0. The third kappa shape index (κ3) is 4.46. The van der Waals surface area contributed by atoms with Gasteiger partial charge in [-0.15, -0.1) is 0 Å². The van der Waals surface area contributed by atoms with Gasteiger partial charge < -0.3 is 0 Å². The van der Waals surface area contributed by atoms with E-state index in [0.29, 0.717) is 0 Å². The Balaban J connectivity index is 0.000000216. The predicted octanol–water partition coefficient (Wildman–Crippen LogP) is 6.40. The highest BCUT2D eigenvalue weighted by atomic mass is 14.0. The van der Waals surface area contributed by atoms with E-state index in [1.807, 2.05) is 0 Å². The molecule has 0 amide bonds. The van der Waals surface area contributed by atoms with Crippen LogP contribution in [0.3, 0.4) is 0 Å². The molecule has 0 fully saturated rings. The number of hydrogen-bond donors (Lipinski definition) is 0. The molecule has 0 unspecified atom stereocenters. The topological polar surface area (TPSA) is 0 Å². The summed E-state index contributed by atoms with van der Waals surface area (Å²) in [6.07, 6.45) is 0. The molecule has 0 heterocycles. The van der Waals surface area contributed by atoms with Crippen LogP contribution in [-0.4, -0.2) is 0 Å². The van der Waals surface area contributed by atoms with E-state index in [9.17, 15) is 0 Å². The van der Waals surface area contributed by atoms with E-state index in [0.717, 1.165) is 0 Å². The Kier molecular flexibility index (Phi) is 6.17. The van der Waals surface area contributed by atoms with Crippen LogP contribution >= 0.6 is 0 Å². The fourth-order valence-electron chi connectivity index (χ4n) is 2.24. The standard InChI is InChI=1S/C12H12.C8H10.CH4/c1-9-7-8-10(2)12-6-4-3-5-11(9)12;1-7-3-5-8(2)6-4-7;/h3-8H,1-2H3;3-6H,1-2H3;1H4. The van der Waals surface area contributed by atoms with Gasteiger partial charge in [0, 0.05) is 0 Å². The van der Waals surface area contributed by atoms with Crippen molar-refractivity contribution in [2.24, 2.45) is 0 Å². The summed E-state index contributed by atoms with van der Waals surface area (Å²) >= 11 is 0. The average Bonchev–Trinajstić information content (AvgIpc) is 2.47. The first-order chi connectivity index (χ1) is 9.58. The van der Waals surface area contributed by atoms with Gasteiger partial charge >= 0.3 is 0 Å². The third-order valence-corrected chi connectivity index (χ3v) is 3.58. The summed E-state index contributed by atoms with van der Waals surface area (Å²) < 4.78 is 0. The Hall–Kier alpha value is -2.08. The van der Waals surface area contributed by atoms with Crippen molar-refractivity contribution in [2.45, 2.75) is 35.1 Å². The van der Waals surface area contributed by atoms with Gasteiger partial charge in [-0.3, -0.25) is 0 Å². The molecule has 0 aliphatic carbocycles. The molecule has 110 valence electrons. The largest absolute Gasteiger partial charge is 0.0776 e. The van der Waals surface area contributed by atoms with E-state index in [4.69, 9.17) is 0 Å². The van der Waals surface area contributed by atoms with Crippen molar-refractivity contribution < 1.29 is 0 Å². The summed E-state index contributed by atoms with van der Waals surface area (Å²) in [6, 6.07) is 21.4. The summed E-state index contributed by atoms with van der Waals surface area (Å²) in [4.78, 5) is 0. The minimum atomic E-state index is 0. The van der Waals surface area contributed by atoms with Crippen LogP contribution in [-0.2, 0) is 0 Å². The Bertz CT molecular complexity index is 629. The van der Waals surface area contributed by atoms with Crippen molar-refractivity contribution in [1.29, 1.82) is 0 Å². The highest BCUT2D eigenvalue weighted by molar-refractivity contribution is 5.88. The number of aryl methyl sites for hydroxylation is 4. The molecule has 0 bridgehead atoms. The van der Waals surface area contributed by atoms with Crippen molar-refractivity contribution >= 4 is 10.8 Å². The van der Waals surface area contributed by atoms with E-state index < -0.39 is 0 Å². The molecule has 0 saturated carbocycles. The third-order valence-electron chi connectivity index (χ3n) is 3.58. The van der Waals surface area contributed by atoms with E-state index in [2.05, 4.69) is 88.4 Å². The monoisotopic (exact) mass is 278 g/mol. The lowest BCUT2D eigenvalue weighted by Gasteiger charge is -2.03. The maximum Gasteiger partial charge on any atom is -0.0152 e. The number of benzene rings is 3. The fraction of sp³-hybridized carbons (Fsp3) is 0.238. The summed E-state index contributed by atoms with van der Waals surface area (Å²) in [5.41, 5.74) is 5.37. The zero-order valence-corrected chi connectivity index (χ0v) is 12.8. The van der Waals surface area contributed by atoms with Gasteiger partial charge in [-0.25, -0.2) is 0 Å². The Morgan fingerprint density at radius 1 is 0.476 bits per heavy atom. The van der Waals surface area contributed by atoms with Gasteiger partial charge in [0.25, 0.3) is 0 Å². The van der Waals surface area contributed by atoms with E-state index >= 15 is 0 Å². The van der Waals surface area contributed by atoms with Crippen LogP contribution in [0.5, 0.6) is 0 Å². The molecule has 0 saturated heterocycles. The maximum absolute atomic E-state index is 2.18. The summed E-state index contributed by atoms with van der Waals surface area (Å²) in [5.74, 6) is 0. The van der Waals surface area contributed by atoms with E-state index in [1.165, 1.54) is 33.0 Å². The van der Waals surface area contributed by atoms with Crippen LogP contribution in [0.15, 0.2) is 60.7 Å². The number of fused-ring (bicyclic) bond motifs is 1. The maximum atomic E-state index is 2.18. The molecule has 3 aromatic rings. The van der Waals surface area contributed by atoms with Crippen molar-refractivity contribution in [2.75, 3.05) is 0 Å². The first-order valence-corrected chi connectivity index (χ1v) is 7.06. The fourth-order valence-corrected chi connectivity index (χ4v) is 2.24. The number of hydrogen-bond acceptors (Lipinski definition) is 0. The molecular formula is C21H26. The highest BCUT2D eigenvalue weighted by Crippen LogP contribution is 2.20. The molecule has 0 heteroatoms. The van der Waals surface area contributed by atoms with Gasteiger partial charge in [0.15, 0.2) is 0 Å². The van der Waals surface area contributed by atoms with E-state index in [-0.39, 0.29) is 7.43 Å². The van der Waals surface area contributed by atoms with Crippen LogP contribution in [0.4, 0.5) is 0 Å². The second-order valence-electron chi connectivity index (χ2n) is 5.40. The smallest absolute Gasteiger partial charge is 0.0152 e. The molecule has 0 aromatic heterocycles. The molecule has 21 heavy (non-hydrogen) atoms. The van der Waals surface area contributed by atoms with Crippen LogP contribution in [0.25, 0.3) is 10.8 Å². The lowest BCUT2D eigenvalue weighted by molar-refractivity contribution is 1.40. The second kappa shape index (κ2) is 7.64. The van der Waals surface area contributed by atoms with Crippen LogP contribution in [0.1, 0.15) is 29.7 Å². The second-order valence-corrected chi connectivity index (χ2v) is 5.40. The molecule has 0 radical (unpaired) electrons. The molecular weight excluding hydrogens is 252 g/mol. The quantitative estimate of drug-likeness (QED) is 0.446. The minimum Gasteiger partial charge on any atom is -0.0776 e. The molecule has 0 aliphatic heterocycles.